The molecular weight excluding hydrogens is 354 g/mol. The van der Waals surface area contributed by atoms with Crippen LogP contribution in [0.2, 0.25) is 0 Å². The van der Waals surface area contributed by atoms with Crippen LogP contribution in [0.25, 0.3) is 0 Å². The molecule has 2 heterocycles. The first-order valence-corrected chi connectivity index (χ1v) is 10.8. The van der Waals surface area contributed by atoms with Gasteiger partial charge in [0.25, 0.3) is 0 Å². The molecule has 0 unspecified atom stereocenters. The molecule has 2 aliphatic rings. The van der Waals surface area contributed by atoms with Crippen LogP contribution in [-0.2, 0) is 27.7 Å². The lowest BCUT2D eigenvalue weighted by molar-refractivity contribution is 0.112. The van der Waals surface area contributed by atoms with Gasteiger partial charge in [-0.15, -0.1) is 0 Å². The van der Waals surface area contributed by atoms with E-state index in [4.69, 9.17) is 4.74 Å². The summed E-state index contributed by atoms with van der Waals surface area (Å²) < 4.78 is 31.6. The second-order valence-electron chi connectivity index (χ2n) is 6.85. The van der Waals surface area contributed by atoms with Crippen LogP contribution in [0.15, 0.2) is 18.2 Å². The monoisotopic (exact) mass is 381 g/mol. The highest BCUT2D eigenvalue weighted by Crippen LogP contribution is 2.24. The highest BCUT2D eigenvalue weighted by molar-refractivity contribution is 7.89. The average molecular weight is 381 g/mol. The lowest BCUT2D eigenvalue weighted by Gasteiger charge is -2.28. The van der Waals surface area contributed by atoms with Crippen molar-refractivity contribution in [3.05, 3.63) is 29.3 Å². The van der Waals surface area contributed by atoms with Gasteiger partial charge >= 0.3 is 6.03 Å². The molecule has 0 bridgehead atoms. The van der Waals surface area contributed by atoms with Crippen LogP contribution in [-0.4, -0.2) is 50.3 Å². The molecule has 1 aromatic carbocycles. The molecule has 3 rings (SSSR count). The summed E-state index contributed by atoms with van der Waals surface area (Å²) >= 11 is 0. The first-order chi connectivity index (χ1) is 12.5. The van der Waals surface area contributed by atoms with Crippen molar-refractivity contribution < 1.29 is 17.9 Å². The van der Waals surface area contributed by atoms with Gasteiger partial charge in [-0.2, -0.15) is 4.31 Å². The van der Waals surface area contributed by atoms with Gasteiger partial charge in [0.2, 0.25) is 10.0 Å². The number of hydrogen-bond acceptors (Lipinski definition) is 4. The minimum atomic E-state index is -3.21. The third-order valence-corrected chi connectivity index (χ3v) is 6.83. The quantitative estimate of drug-likeness (QED) is 0.790. The molecule has 2 aliphatic heterocycles. The minimum Gasteiger partial charge on any atom is -0.376 e. The Balaban J connectivity index is 1.60. The van der Waals surface area contributed by atoms with Gasteiger partial charge in [0, 0.05) is 31.9 Å². The molecule has 1 atom stereocenters. The van der Waals surface area contributed by atoms with Gasteiger partial charge in [-0.05, 0) is 48.9 Å². The van der Waals surface area contributed by atoms with E-state index < -0.39 is 10.0 Å². The van der Waals surface area contributed by atoms with Crippen molar-refractivity contribution in [3.63, 3.8) is 0 Å². The molecule has 8 heteroatoms. The smallest absolute Gasteiger partial charge is 0.319 e. The Morgan fingerprint density at radius 2 is 2.19 bits per heavy atom. The first kappa shape index (κ1) is 19.1. The highest BCUT2D eigenvalue weighted by Gasteiger charge is 2.26. The summed E-state index contributed by atoms with van der Waals surface area (Å²) in [4.78, 5) is 12.1. The van der Waals surface area contributed by atoms with Gasteiger partial charge < -0.3 is 15.4 Å². The van der Waals surface area contributed by atoms with Crippen molar-refractivity contribution in [2.75, 3.05) is 30.8 Å². The molecule has 0 saturated carbocycles. The van der Waals surface area contributed by atoms with Crippen molar-refractivity contribution in [2.45, 2.75) is 45.3 Å². The second kappa shape index (κ2) is 8.37. The Hall–Kier alpha value is -1.64. The van der Waals surface area contributed by atoms with Crippen LogP contribution in [0.4, 0.5) is 10.5 Å². The normalized spacial score (nSPS) is 20.6. The number of benzene rings is 1. The Kier molecular flexibility index (Phi) is 6.16. The number of rotatable bonds is 6. The summed E-state index contributed by atoms with van der Waals surface area (Å²) in [5.74, 6) is 0.173. The van der Waals surface area contributed by atoms with Gasteiger partial charge in [-0.3, -0.25) is 0 Å². The Labute approximate surface area is 155 Å². The fourth-order valence-corrected chi connectivity index (χ4v) is 4.90. The molecule has 1 fully saturated rings. The van der Waals surface area contributed by atoms with E-state index in [1.165, 1.54) is 0 Å². The third kappa shape index (κ3) is 4.75. The summed E-state index contributed by atoms with van der Waals surface area (Å²) in [6.45, 7) is 4.01. The maximum Gasteiger partial charge on any atom is 0.319 e. The molecule has 0 aromatic heterocycles. The van der Waals surface area contributed by atoms with Crippen molar-refractivity contribution >= 4 is 21.7 Å². The average Bonchev–Trinajstić information content (AvgIpc) is 3.13. The summed E-state index contributed by atoms with van der Waals surface area (Å²) in [5, 5.41) is 5.64. The topological polar surface area (TPSA) is 87.7 Å². The molecule has 0 aliphatic carbocycles. The van der Waals surface area contributed by atoms with Crippen LogP contribution < -0.4 is 10.6 Å². The largest absolute Gasteiger partial charge is 0.376 e. The fraction of sp³-hybridized carbons (Fsp3) is 0.611. The fourth-order valence-electron chi connectivity index (χ4n) is 3.42. The van der Waals surface area contributed by atoms with Gasteiger partial charge in [-0.25, -0.2) is 13.2 Å². The summed E-state index contributed by atoms with van der Waals surface area (Å²) in [7, 11) is -3.21. The van der Waals surface area contributed by atoms with Gasteiger partial charge in [-0.1, -0.05) is 13.0 Å². The van der Waals surface area contributed by atoms with Crippen molar-refractivity contribution in [1.29, 1.82) is 0 Å². The maximum atomic E-state index is 12.3. The molecule has 1 saturated heterocycles. The molecule has 1 aromatic rings. The minimum absolute atomic E-state index is 0.0987. The zero-order valence-electron chi connectivity index (χ0n) is 15.2. The van der Waals surface area contributed by atoms with Crippen molar-refractivity contribution in [2.24, 2.45) is 0 Å². The molecule has 0 radical (unpaired) electrons. The van der Waals surface area contributed by atoms with E-state index in [0.29, 0.717) is 38.2 Å². The van der Waals surface area contributed by atoms with Crippen LogP contribution >= 0.6 is 0 Å². The van der Waals surface area contributed by atoms with E-state index in [1.807, 2.05) is 25.1 Å². The number of nitrogens with zero attached hydrogens (tertiary/aromatic N) is 1. The lowest BCUT2D eigenvalue weighted by Crippen LogP contribution is -2.37. The van der Waals surface area contributed by atoms with Crippen LogP contribution in [0, 0.1) is 0 Å². The van der Waals surface area contributed by atoms with Crippen molar-refractivity contribution in [1.82, 2.24) is 9.62 Å². The Bertz CT molecular complexity index is 745. The van der Waals surface area contributed by atoms with Gasteiger partial charge in [0.15, 0.2) is 0 Å². The van der Waals surface area contributed by atoms with Crippen LogP contribution in [0.3, 0.4) is 0 Å². The number of carbonyl (C=O) groups excluding carboxylic acids is 1. The van der Waals surface area contributed by atoms with E-state index in [2.05, 4.69) is 10.6 Å². The summed E-state index contributed by atoms with van der Waals surface area (Å²) in [6.07, 6.45) is 3.42. The third-order valence-electron chi connectivity index (χ3n) is 4.81. The standard InChI is InChI=1S/C18H27N3O4S/c1-2-10-26(23,24)21-8-7-14-5-6-16(11-15(14)13-21)20-18(22)19-12-17-4-3-9-25-17/h5-6,11,17H,2-4,7-10,12-13H2,1H3,(H2,19,20,22)/t17-/m0/s1. The summed E-state index contributed by atoms with van der Waals surface area (Å²) in [6, 6.07) is 5.43. The zero-order valence-corrected chi connectivity index (χ0v) is 16.0. The highest BCUT2D eigenvalue weighted by atomic mass is 32.2. The number of sulfonamides is 1. The van der Waals surface area contributed by atoms with E-state index in [9.17, 15) is 13.2 Å². The van der Waals surface area contributed by atoms with Crippen LogP contribution in [0.5, 0.6) is 0 Å². The maximum absolute atomic E-state index is 12.3. The predicted molar refractivity (Wildman–Crippen MR) is 101 cm³/mol. The number of hydrogen-bond donors (Lipinski definition) is 2. The number of fused-ring (bicyclic) bond motifs is 1. The predicted octanol–water partition coefficient (Wildman–Crippen LogP) is 2.08. The lowest BCUT2D eigenvalue weighted by atomic mass is 10.0. The molecule has 0 spiro atoms. The zero-order chi connectivity index (χ0) is 18.6. The van der Waals surface area contributed by atoms with Gasteiger partial charge in [0.1, 0.15) is 0 Å². The number of urea groups is 1. The molecular formula is C18H27N3O4S. The second-order valence-corrected chi connectivity index (χ2v) is 8.94. The first-order valence-electron chi connectivity index (χ1n) is 9.24. The number of carbonyl (C=O) groups is 1. The Morgan fingerprint density at radius 1 is 1.35 bits per heavy atom. The van der Waals surface area contributed by atoms with Crippen LogP contribution in [0.1, 0.15) is 37.3 Å². The number of ether oxygens (including phenoxy) is 1. The number of anilines is 1. The molecule has 144 valence electrons. The number of amides is 2. The number of nitrogens with one attached hydrogen (secondary N) is 2. The van der Waals surface area contributed by atoms with Gasteiger partial charge in [0.05, 0.1) is 11.9 Å². The van der Waals surface area contributed by atoms with E-state index >= 15 is 0 Å². The molecule has 2 amide bonds. The van der Waals surface area contributed by atoms with Crippen molar-refractivity contribution in [3.8, 4) is 0 Å². The van der Waals surface area contributed by atoms with E-state index in [-0.39, 0.29) is 17.9 Å². The molecule has 2 N–H and O–H groups in total. The van der Waals surface area contributed by atoms with E-state index in [1.54, 1.807) is 4.31 Å². The SMILES string of the molecule is CCCS(=O)(=O)N1CCc2ccc(NC(=O)NC[C@@H]3CCCO3)cc2C1. The summed E-state index contributed by atoms with van der Waals surface area (Å²) in [5.41, 5.74) is 2.76. The van der Waals surface area contributed by atoms with E-state index in [0.717, 1.165) is 30.6 Å². The molecule has 7 nitrogen and oxygen atoms in total. The molecule has 26 heavy (non-hydrogen) atoms. The Morgan fingerprint density at radius 3 is 2.92 bits per heavy atom.